The zero-order chi connectivity index (χ0) is 13.1. The minimum atomic E-state index is -3.47. The number of hydrogen-bond acceptors (Lipinski definition) is 4. The first-order valence-corrected chi connectivity index (χ1v) is 8.18. The van der Waals surface area contributed by atoms with Gasteiger partial charge >= 0.3 is 0 Å². The van der Waals surface area contributed by atoms with E-state index in [9.17, 15) is 13.2 Å². The fraction of sp³-hybridized carbons (Fsp3) is 0.444. The van der Waals surface area contributed by atoms with Crippen LogP contribution in [0.15, 0.2) is 6.07 Å². The molecule has 0 unspecified atom stereocenters. The van der Waals surface area contributed by atoms with E-state index in [1.54, 1.807) is 6.07 Å². The number of thiophene rings is 1. The zero-order valence-corrected chi connectivity index (χ0v) is 12.1. The molecule has 1 aromatic heterocycles. The van der Waals surface area contributed by atoms with E-state index in [2.05, 4.69) is 0 Å². The van der Waals surface area contributed by atoms with Crippen LogP contribution in [0.4, 0.5) is 0 Å². The van der Waals surface area contributed by atoms with E-state index in [0.717, 1.165) is 11.8 Å². The van der Waals surface area contributed by atoms with E-state index < -0.39 is 15.9 Å². The smallest absolute Gasteiger partial charge is 0.233 e. The highest BCUT2D eigenvalue weighted by atomic mass is 35.5. The second-order valence-electron chi connectivity index (χ2n) is 3.50. The molecule has 17 heavy (non-hydrogen) atoms. The molecule has 0 aliphatic heterocycles. The molecule has 1 N–H and O–H groups in total. The normalized spacial score (nSPS) is 11.5. The monoisotopic (exact) mass is 315 g/mol. The van der Waals surface area contributed by atoms with E-state index in [1.165, 1.54) is 11.3 Å². The predicted molar refractivity (Wildman–Crippen MR) is 70.3 cm³/mol. The molecule has 0 saturated carbocycles. The van der Waals surface area contributed by atoms with Crippen LogP contribution in [0.5, 0.6) is 0 Å². The highest BCUT2D eigenvalue weighted by molar-refractivity contribution is 7.89. The third-order valence-electron chi connectivity index (χ3n) is 1.88. The maximum absolute atomic E-state index is 11.2. The Kier molecular flexibility index (Phi) is 5.24. The number of halogens is 2. The van der Waals surface area contributed by atoms with Crippen LogP contribution in [0.1, 0.15) is 18.4 Å². The van der Waals surface area contributed by atoms with Gasteiger partial charge in [0.15, 0.2) is 0 Å². The molecular formula is C9H11Cl2NO3S2. The summed E-state index contributed by atoms with van der Waals surface area (Å²) in [6.45, 7) is 0. The lowest BCUT2D eigenvalue weighted by molar-refractivity contribution is -0.119. The molecule has 1 rings (SSSR count). The molecule has 0 aliphatic rings. The van der Waals surface area contributed by atoms with Crippen LogP contribution in [0.2, 0.25) is 8.67 Å². The molecule has 0 atom stereocenters. The van der Waals surface area contributed by atoms with Gasteiger partial charge in [-0.1, -0.05) is 23.2 Å². The maximum atomic E-state index is 11.2. The number of rotatable bonds is 5. The van der Waals surface area contributed by atoms with Gasteiger partial charge in [-0.2, -0.15) is 0 Å². The SMILES string of the molecule is CS(=O)(=O)NC(=O)CCCc1cc(Cl)sc1Cl. The van der Waals surface area contributed by atoms with Crippen LogP contribution < -0.4 is 4.72 Å². The van der Waals surface area contributed by atoms with Crippen LogP contribution in [0.25, 0.3) is 0 Å². The molecule has 96 valence electrons. The molecule has 0 saturated heterocycles. The van der Waals surface area contributed by atoms with Crippen molar-refractivity contribution in [2.75, 3.05) is 6.26 Å². The third kappa shape index (κ3) is 5.72. The van der Waals surface area contributed by atoms with Gasteiger partial charge in [-0.05, 0) is 24.5 Å². The van der Waals surface area contributed by atoms with Crippen molar-refractivity contribution >= 4 is 50.5 Å². The molecule has 0 aromatic carbocycles. The minimum Gasteiger partial charge on any atom is -0.274 e. The third-order valence-corrected chi connectivity index (χ3v) is 4.04. The van der Waals surface area contributed by atoms with Crippen LogP contribution in [-0.4, -0.2) is 20.6 Å². The first kappa shape index (κ1) is 14.8. The molecule has 8 heteroatoms. The summed E-state index contributed by atoms with van der Waals surface area (Å²) < 4.78 is 24.6. The predicted octanol–water partition coefficient (Wildman–Crippen LogP) is 2.45. The van der Waals surface area contributed by atoms with Gasteiger partial charge in [0.25, 0.3) is 0 Å². The summed E-state index contributed by atoms with van der Waals surface area (Å²) in [5.41, 5.74) is 0.883. The van der Waals surface area contributed by atoms with Crippen LogP contribution in [-0.2, 0) is 21.2 Å². The van der Waals surface area contributed by atoms with Crippen molar-refractivity contribution in [2.24, 2.45) is 0 Å². The average molecular weight is 316 g/mol. The highest BCUT2D eigenvalue weighted by Gasteiger charge is 2.10. The fourth-order valence-corrected chi connectivity index (χ4v) is 3.30. The van der Waals surface area contributed by atoms with Crippen molar-refractivity contribution in [3.8, 4) is 0 Å². The van der Waals surface area contributed by atoms with Crippen LogP contribution in [0.3, 0.4) is 0 Å². The number of carbonyl (C=O) groups is 1. The zero-order valence-electron chi connectivity index (χ0n) is 9.00. The molecule has 0 spiro atoms. The van der Waals surface area contributed by atoms with Crippen molar-refractivity contribution in [1.82, 2.24) is 4.72 Å². The number of hydrogen-bond donors (Lipinski definition) is 1. The lowest BCUT2D eigenvalue weighted by atomic mass is 10.1. The summed E-state index contributed by atoms with van der Waals surface area (Å²) in [5, 5.41) is 0. The number of amides is 1. The molecule has 0 radical (unpaired) electrons. The van der Waals surface area contributed by atoms with Gasteiger partial charge in [0, 0.05) is 6.42 Å². The Hall–Kier alpha value is -0.300. The van der Waals surface area contributed by atoms with Gasteiger partial charge in [0.1, 0.15) is 0 Å². The van der Waals surface area contributed by atoms with E-state index in [0.29, 0.717) is 21.5 Å². The second kappa shape index (κ2) is 6.04. The van der Waals surface area contributed by atoms with Crippen molar-refractivity contribution in [2.45, 2.75) is 19.3 Å². The molecule has 1 amide bonds. The summed E-state index contributed by atoms with van der Waals surface area (Å²) in [6.07, 6.45) is 2.20. The van der Waals surface area contributed by atoms with Gasteiger partial charge in [-0.3, -0.25) is 9.52 Å². The maximum Gasteiger partial charge on any atom is 0.233 e. The van der Waals surface area contributed by atoms with Gasteiger partial charge in [0.2, 0.25) is 15.9 Å². The summed E-state index contributed by atoms with van der Waals surface area (Å²) in [7, 11) is -3.47. The highest BCUT2D eigenvalue weighted by Crippen LogP contribution is 2.31. The first-order valence-electron chi connectivity index (χ1n) is 4.72. The Bertz CT molecular complexity index is 510. The largest absolute Gasteiger partial charge is 0.274 e. The summed E-state index contributed by atoms with van der Waals surface area (Å²) in [6, 6.07) is 1.75. The molecular weight excluding hydrogens is 305 g/mol. The Morgan fingerprint density at radius 2 is 2.12 bits per heavy atom. The average Bonchev–Trinajstić information content (AvgIpc) is 2.42. The van der Waals surface area contributed by atoms with E-state index >= 15 is 0 Å². The minimum absolute atomic E-state index is 0.136. The molecule has 0 bridgehead atoms. The summed E-state index contributed by atoms with van der Waals surface area (Å²) >= 11 is 12.9. The lowest BCUT2D eigenvalue weighted by Crippen LogP contribution is -2.29. The van der Waals surface area contributed by atoms with E-state index in [4.69, 9.17) is 23.2 Å². The summed E-state index contributed by atoms with van der Waals surface area (Å²) in [5.74, 6) is -0.509. The molecule has 0 fully saturated rings. The van der Waals surface area contributed by atoms with E-state index in [-0.39, 0.29) is 6.42 Å². The van der Waals surface area contributed by atoms with Gasteiger partial charge in [-0.25, -0.2) is 8.42 Å². The van der Waals surface area contributed by atoms with Crippen LogP contribution >= 0.6 is 34.5 Å². The van der Waals surface area contributed by atoms with Gasteiger partial charge in [-0.15, -0.1) is 11.3 Å². The van der Waals surface area contributed by atoms with Crippen molar-refractivity contribution in [1.29, 1.82) is 0 Å². The number of carbonyl (C=O) groups excluding carboxylic acids is 1. The topological polar surface area (TPSA) is 63.2 Å². The van der Waals surface area contributed by atoms with Gasteiger partial charge in [0.05, 0.1) is 14.9 Å². The number of aryl methyl sites for hydroxylation is 1. The molecule has 0 aliphatic carbocycles. The quantitative estimate of drug-likeness (QED) is 0.907. The Balaban J connectivity index is 2.38. The van der Waals surface area contributed by atoms with Crippen molar-refractivity contribution < 1.29 is 13.2 Å². The Morgan fingerprint density at radius 3 is 2.59 bits per heavy atom. The van der Waals surface area contributed by atoms with Crippen LogP contribution in [0, 0.1) is 0 Å². The Labute approximate surface area is 114 Å². The summed E-state index contributed by atoms with van der Waals surface area (Å²) in [4.78, 5) is 11.2. The molecule has 4 nitrogen and oxygen atoms in total. The van der Waals surface area contributed by atoms with E-state index in [1.807, 2.05) is 4.72 Å². The fourth-order valence-electron chi connectivity index (χ4n) is 1.24. The second-order valence-corrected chi connectivity index (χ2v) is 7.53. The number of nitrogens with one attached hydrogen (secondary N) is 1. The molecule has 1 aromatic rings. The lowest BCUT2D eigenvalue weighted by Gasteiger charge is -2.02. The van der Waals surface area contributed by atoms with Crippen molar-refractivity contribution in [3.63, 3.8) is 0 Å². The van der Waals surface area contributed by atoms with Gasteiger partial charge < -0.3 is 0 Å². The number of sulfonamides is 1. The standard InChI is InChI=1S/C9H11Cl2NO3S2/c1-17(14,15)12-8(13)4-2-3-6-5-7(10)16-9(6)11/h5H,2-4H2,1H3,(H,12,13). The first-order chi connectivity index (χ1) is 7.78. The van der Waals surface area contributed by atoms with Crippen molar-refractivity contribution in [3.05, 3.63) is 20.3 Å². The molecule has 1 heterocycles. The Morgan fingerprint density at radius 1 is 1.47 bits per heavy atom.